The van der Waals surface area contributed by atoms with Crippen LogP contribution in [0.4, 0.5) is 0 Å². The molecular weight excluding hydrogens is 222 g/mol. The largest absolute Gasteiger partial charge is 0.494 e. The van der Waals surface area contributed by atoms with Crippen molar-refractivity contribution in [1.29, 1.82) is 0 Å². The van der Waals surface area contributed by atoms with Crippen LogP contribution in [0, 0.1) is 0 Å². The van der Waals surface area contributed by atoms with Gasteiger partial charge in [-0.15, -0.1) is 0 Å². The highest BCUT2D eigenvalue weighted by Gasteiger charge is 2.13. The van der Waals surface area contributed by atoms with Crippen molar-refractivity contribution in [1.82, 2.24) is 4.98 Å². The van der Waals surface area contributed by atoms with Gasteiger partial charge in [-0.1, -0.05) is 39.8 Å². The van der Waals surface area contributed by atoms with Crippen molar-refractivity contribution >= 4 is 10.9 Å². The van der Waals surface area contributed by atoms with Crippen LogP contribution in [-0.4, -0.2) is 12.1 Å². The summed E-state index contributed by atoms with van der Waals surface area (Å²) in [5, 5.41) is 1.20. The van der Waals surface area contributed by atoms with Gasteiger partial charge < -0.3 is 4.74 Å². The lowest BCUT2D eigenvalue weighted by molar-refractivity contribution is 0.418. The molecule has 0 saturated heterocycles. The zero-order chi connectivity index (χ0) is 13.3. The van der Waals surface area contributed by atoms with Crippen LogP contribution in [0.25, 0.3) is 10.9 Å². The molecule has 0 aliphatic rings. The molecule has 0 unspecified atom stereocenters. The van der Waals surface area contributed by atoms with Gasteiger partial charge in [0.05, 0.1) is 7.11 Å². The normalized spacial score (nSPS) is 11.5. The Morgan fingerprint density at radius 2 is 1.78 bits per heavy atom. The number of benzene rings is 1. The molecule has 0 fully saturated rings. The van der Waals surface area contributed by atoms with Crippen LogP contribution in [0.3, 0.4) is 0 Å². The second-order valence-electron chi connectivity index (χ2n) is 5.30. The second-order valence-corrected chi connectivity index (χ2v) is 5.30. The molecule has 1 heterocycles. The Kier molecular flexibility index (Phi) is 3.55. The summed E-state index contributed by atoms with van der Waals surface area (Å²) < 4.78 is 5.43. The van der Waals surface area contributed by atoms with E-state index in [1.807, 2.05) is 12.1 Å². The molecular formula is C16H21NO. The molecule has 0 atom stereocenters. The third kappa shape index (κ3) is 2.20. The Morgan fingerprint density at radius 1 is 1.06 bits per heavy atom. The Bertz CT molecular complexity index is 558. The summed E-state index contributed by atoms with van der Waals surface area (Å²) in [6.07, 6.45) is 0. The van der Waals surface area contributed by atoms with E-state index in [1.54, 1.807) is 7.11 Å². The SMILES string of the molecule is COc1cccc2c(C(C)C)cc(C(C)C)nc12. The van der Waals surface area contributed by atoms with Crippen molar-refractivity contribution < 1.29 is 4.74 Å². The fourth-order valence-electron chi connectivity index (χ4n) is 2.21. The van der Waals surface area contributed by atoms with Gasteiger partial charge in [-0.25, -0.2) is 4.98 Å². The number of para-hydroxylation sites is 1. The molecule has 0 amide bonds. The van der Waals surface area contributed by atoms with Gasteiger partial charge in [0.1, 0.15) is 11.3 Å². The molecule has 96 valence electrons. The maximum absolute atomic E-state index is 5.43. The highest BCUT2D eigenvalue weighted by Crippen LogP contribution is 2.32. The molecule has 0 saturated carbocycles. The molecule has 18 heavy (non-hydrogen) atoms. The van der Waals surface area contributed by atoms with Gasteiger partial charge in [0.2, 0.25) is 0 Å². The average Bonchev–Trinajstić information content (AvgIpc) is 2.36. The zero-order valence-corrected chi connectivity index (χ0v) is 11.8. The Hall–Kier alpha value is -1.57. The summed E-state index contributed by atoms with van der Waals surface area (Å²) in [5.74, 6) is 1.77. The molecule has 2 nitrogen and oxygen atoms in total. The summed E-state index contributed by atoms with van der Waals surface area (Å²) >= 11 is 0. The number of hydrogen-bond donors (Lipinski definition) is 0. The maximum Gasteiger partial charge on any atom is 0.145 e. The predicted molar refractivity (Wildman–Crippen MR) is 76.5 cm³/mol. The first-order chi connectivity index (χ1) is 8.54. The summed E-state index contributed by atoms with van der Waals surface area (Å²) in [6.45, 7) is 8.79. The molecule has 2 rings (SSSR count). The summed E-state index contributed by atoms with van der Waals surface area (Å²) in [4.78, 5) is 4.76. The van der Waals surface area contributed by atoms with Crippen LogP contribution < -0.4 is 4.74 Å². The molecule has 2 aromatic rings. The van der Waals surface area contributed by atoms with Gasteiger partial charge in [-0.2, -0.15) is 0 Å². The molecule has 1 aromatic carbocycles. The second kappa shape index (κ2) is 4.97. The smallest absolute Gasteiger partial charge is 0.145 e. The van der Waals surface area contributed by atoms with E-state index in [-0.39, 0.29) is 0 Å². The van der Waals surface area contributed by atoms with E-state index in [2.05, 4.69) is 39.8 Å². The van der Waals surface area contributed by atoms with Gasteiger partial charge in [0.15, 0.2) is 0 Å². The Morgan fingerprint density at radius 3 is 2.33 bits per heavy atom. The summed E-state index contributed by atoms with van der Waals surface area (Å²) in [5.41, 5.74) is 3.47. The molecule has 0 aliphatic carbocycles. The molecule has 1 aromatic heterocycles. The zero-order valence-electron chi connectivity index (χ0n) is 11.8. The first kappa shape index (κ1) is 12.9. The minimum absolute atomic E-state index is 0.428. The van der Waals surface area contributed by atoms with E-state index in [9.17, 15) is 0 Å². The molecule has 0 spiro atoms. The van der Waals surface area contributed by atoms with Crippen molar-refractivity contribution in [3.8, 4) is 5.75 Å². The van der Waals surface area contributed by atoms with Crippen LogP contribution in [0.1, 0.15) is 50.8 Å². The summed E-state index contributed by atoms with van der Waals surface area (Å²) in [6, 6.07) is 8.37. The predicted octanol–water partition coefficient (Wildman–Crippen LogP) is 4.49. The van der Waals surface area contributed by atoms with E-state index >= 15 is 0 Å². The lowest BCUT2D eigenvalue weighted by Gasteiger charge is -2.15. The number of methoxy groups -OCH3 is 1. The fraction of sp³-hybridized carbons (Fsp3) is 0.438. The fourth-order valence-corrected chi connectivity index (χ4v) is 2.21. The Labute approximate surface area is 109 Å². The van der Waals surface area contributed by atoms with E-state index in [4.69, 9.17) is 9.72 Å². The van der Waals surface area contributed by atoms with E-state index < -0.39 is 0 Å². The quantitative estimate of drug-likeness (QED) is 0.792. The van der Waals surface area contributed by atoms with Crippen LogP contribution in [-0.2, 0) is 0 Å². The van der Waals surface area contributed by atoms with Crippen molar-refractivity contribution in [2.24, 2.45) is 0 Å². The molecule has 0 bridgehead atoms. The van der Waals surface area contributed by atoms with Crippen LogP contribution in [0.2, 0.25) is 0 Å². The van der Waals surface area contributed by atoms with Crippen molar-refractivity contribution in [2.45, 2.75) is 39.5 Å². The van der Waals surface area contributed by atoms with Crippen LogP contribution >= 0.6 is 0 Å². The standard InChI is InChI=1S/C16H21NO/c1-10(2)13-9-14(11(3)4)17-16-12(13)7-6-8-15(16)18-5/h6-11H,1-5H3. The van der Waals surface area contributed by atoms with Gasteiger partial charge in [0.25, 0.3) is 0 Å². The average molecular weight is 243 g/mol. The monoisotopic (exact) mass is 243 g/mol. The summed E-state index contributed by atoms with van der Waals surface area (Å²) in [7, 11) is 1.70. The minimum atomic E-state index is 0.428. The first-order valence-electron chi connectivity index (χ1n) is 6.52. The topological polar surface area (TPSA) is 22.1 Å². The number of pyridine rings is 1. The number of hydrogen-bond acceptors (Lipinski definition) is 2. The number of rotatable bonds is 3. The van der Waals surface area contributed by atoms with Gasteiger partial charge in [-0.05, 0) is 29.5 Å². The first-order valence-corrected chi connectivity index (χ1v) is 6.52. The van der Waals surface area contributed by atoms with Gasteiger partial charge in [-0.3, -0.25) is 0 Å². The molecule has 2 heteroatoms. The number of ether oxygens (including phenoxy) is 1. The Balaban J connectivity index is 2.81. The lowest BCUT2D eigenvalue weighted by atomic mass is 9.95. The highest BCUT2D eigenvalue weighted by molar-refractivity contribution is 5.88. The molecule has 0 N–H and O–H groups in total. The molecule has 0 aliphatic heterocycles. The highest BCUT2D eigenvalue weighted by atomic mass is 16.5. The number of aromatic nitrogens is 1. The third-order valence-electron chi connectivity index (χ3n) is 3.29. The van der Waals surface area contributed by atoms with Crippen LogP contribution in [0.5, 0.6) is 5.75 Å². The van der Waals surface area contributed by atoms with E-state index in [0.29, 0.717) is 11.8 Å². The molecule has 0 radical (unpaired) electrons. The number of fused-ring (bicyclic) bond motifs is 1. The maximum atomic E-state index is 5.43. The van der Waals surface area contributed by atoms with Crippen molar-refractivity contribution in [3.63, 3.8) is 0 Å². The lowest BCUT2D eigenvalue weighted by Crippen LogP contribution is -2.00. The number of nitrogens with zero attached hydrogens (tertiary/aromatic N) is 1. The van der Waals surface area contributed by atoms with Gasteiger partial charge in [0, 0.05) is 11.1 Å². The van der Waals surface area contributed by atoms with E-state index in [0.717, 1.165) is 17.0 Å². The van der Waals surface area contributed by atoms with Gasteiger partial charge >= 0.3 is 0 Å². The minimum Gasteiger partial charge on any atom is -0.494 e. The third-order valence-corrected chi connectivity index (χ3v) is 3.29. The van der Waals surface area contributed by atoms with E-state index in [1.165, 1.54) is 10.9 Å². The van der Waals surface area contributed by atoms with Crippen LogP contribution in [0.15, 0.2) is 24.3 Å². The van der Waals surface area contributed by atoms with Crippen molar-refractivity contribution in [2.75, 3.05) is 7.11 Å². The van der Waals surface area contributed by atoms with Crippen molar-refractivity contribution in [3.05, 3.63) is 35.5 Å².